The summed E-state index contributed by atoms with van der Waals surface area (Å²) in [6.07, 6.45) is -1.04. The van der Waals surface area contributed by atoms with Crippen molar-refractivity contribution in [2.75, 3.05) is 26.1 Å². The van der Waals surface area contributed by atoms with Gasteiger partial charge in [-0.2, -0.15) is 0 Å². The Bertz CT molecular complexity index is 1290. The molecule has 4 rings (SSSR count). The van der Waals surface area contributed by atoms with E-state index in [4.69, 9.17) is 35.0 Å². The quantitative estimate of drug-likeness (QED) is 0.394. The van der Waals surface area contributed by atoms with Gasteiger partial charge in [0, 0.05) is 28.3 Å². The number of carbonyl (C=O) groups excluding carboxylic acids is 2. The largest absolute Gasteiger partial charge is 0.493 e. The third kappa shape index (κ3) is 5.89. The Kier molecular flexibility index (Phi) is 8.35. The van der Waals surface area contributed by atoms with E-state index < -0.39 is 12.2 Å². The number of amides is 1. The molecule has 2 aromatic carbocycles. The van der Waals surface area contributed by atoms with Gasteiger partial charge in [-0.3, -0.25) is 9.59 Å². The normalized spacial score (nSPS) is 16.9. The lowest BCUT2D eigenvalue weighted by atomic mass is 9.98. The van der Waals surface area contributed by atoms with E-state index in [2.05, 4.69) is 10.3 Å². The maximum atomic E-state index is 13.2. The zero-order valence-electron chi connectivity index (χ0n) is 21.1. The molecule has 10 heteroatoms. The minimum atomic E-state index is -0.942. The Hall–Kier alpha value is -3.56. The van der Waals surface area contributed by atoms with Gasteiger partial charge in [0.1, 0.15) is 18.0 Å². The van der Waals surface area contributed by atoms with E-state index in [1.54, 1.807) is 52.3 Å². The van der Waals surface area contributed by atoms with Crippen molar-refractivity contribution in [2.45, 2.75) is 45.3 Å². The molecule has 9 nitrogen and oxygen atoms in total. The number of benzene rings is 2. The van der Waals surface area contributed by atoms with Crippen molar-refractivity contribution >= 4 is 29.2 Å². The summed E-state index contributed by atoms with van der Waals surface area (Å²) in [4.78, 5) is 29.5. The molecule has 0 saturated carbocycles. The lowest BCUT2D eigenvalue weighted by molar-refractivity contribution is -0.143. The molecule has 2 unspecified atom stereocenters. The maximum Gasteiger partial charge on any atom is 0.306 e. The van der Waals surface area contributed by atoms with Crippen LogP contribution in [0.25, 0.3) is 0 Å². The van der Waals surface area contributed by atoms with Crippen LogP contribution in [0.1, 0.15) is 47.9 Å². The molecule has 0 radical (unpaired) electrons. The summed E-state index contributed by atoms with van der Waals surface area (Å²) >= 11 is 6.33. The van der Waals surface area contributed by atoms with Crippen LogP contribution in [0.5, 0.6) is 11.5 Å². The van der Waals surface area contributed by atoms with Gasteiger partial charge in [0.05, 0.1) is 39.4 Å². The zero-order chi connectivity index (χ0) is 26.5. The van der Waals surface area contributed by atoms with Crippen molar-refractivity contribution in [3.05, 3.63) is 69.9 Å². The Labute approximate surface area is 220 Å². The summed E-state index contributed by atoms with van der Waals surface area (Å²) in [6, 6.07) is 10.7. The Balaban J connectivity index is 1.66. The SMILES string of the molecule is CCOC(=O)CCc1oc(CC2OC(c3cccc(OC)c3OC)c3cc(Cl)ccc3NC2=O)nc1C. The number of fused-ring (bicyclic) bond motifs is 1. The molecule has 2 atom stereocenters. The number of aryl methyl sites for hydroxylation is 2. The number of oxazole rings is 1. The second-order valence-corrected chi connectivity index (χ2v) is 8.87. The second-order valence-electron chi connectivity index (χ2n) is 8.43. The molecule has 2 heterocycles. The molecular formula is C27H29ClN2O7. The van der Waals surface area contributed by atoms with Gasteiger partial charge in [-0.25, -0.2) is 4.98 Å². The van der Waals surface area contributed by atoms with Crippen molar-refractivity contribution in [3.8, 4) is 11.5 Å². The molecule has 3 aromatic rings. The van der Waals surface area contributed by atoms with Gasteiger partial charge in [0.2, 0.25) is 0 Å². The van der Waals surface area contributed by atoms with E-state index in [9.17, 15) is 9.59 Å². The van der Waals surface area contributed by atoms with E-state index in [-0.39, 0.29) is 24.7 Å². The highest BCUT2D eigenvalue weighted by Crippen LogP contribution is 2.43. The first-order valence-corrected chi connectivity index (χ1v) is 12.3. The zero-order valence-corrected chi connectivity index (χ0v) is 21.9. The Morgan fingerprint density at radius 2 is 1.97 bits per heavy atom. The molecule has 37 heavy (non-hydrogen) atoms. The van der Waals surface area contributed by atoms with Crippen LogP contribution in [0.2, 0.25) is 5.02 Å². The molecule has 196 valence electrons. The van der Waals surface area contributed by atoms with E-state index in [1.807, 2.05) is 12.1 Å². The van der Waals surface area contributed by atoms with Crippen molar-refractivity contribution in [1.82, 2.24) is 4.98 Å². The smallest absolute Gasteiger partial charge is 0.306 e. The molecule has 0 aliphatic carbocycles. The summed E-state index contributed by atoms with van der Waals surface area (Å²) in [5, 5.41) is 3.43. The van der Waals surface area contributed by atoms with E-state index in [1.165, 1.54) is 0 Å². The molecule has 0 fully saturated rings. The number of carbonyl (C=O) groups is 2. The summed E-state index contributed by atoms with van der Waals surface area (Å²) in [7, 11) is 3.10. The summed E-state index contributed by atoms with van der Waals surface area (Å²) in [5.41, 5.74) is 2.57. The highest BCUT2D eigenvalue weighted by atomic mass is 35.5. The fourth-order valence-electron chi connectivity index (χ4n) is 4.29. The van der Waals surface area contributed by atoms with Gasteiger partial charge in [-0.05, 0) is 38.1 Å². The number of hydrogen-bond acceptors (Lipinski definition) is 8. The van der Waals surface area contributed by atoms with Crippen LogP contribution in [-0.4, -0.2) is 43.8 Å². The number of hydrogen-bond donors (Lipinski definition) is 1. The Morgan fingerprint density at radius 3 is 2.70 bits per heavy atom. The fraction of sp³-hybridized carbons (Fsp3) is 0.370. The molecular weight excluding hydrogens is 500 g/mol. The number of nitrogens with one attached hydrogen (secondary N) is 1. The van der Waals surface area contributed by atoms with Crippen molar-refractivity contribution in [3.63, 3.8) is 0 Å². The first-order valence-electron chi connectivity index (χ1n) is 11.9. The van der Waals surface area contributed by atoms with Gasteiger partial charge in [0.15, 0.2) is 17.4 Å². The predicted molar refractivity (Wildman–Crippen MR) is 136 cm³/mol. The van der Waals surface area contributed by atoms with E-state index in [0.29, 0.717) is 63.7 Å². The average Bonchev–Trinajstić information content (AvgIpc) is 3.17. The van der Waals surface area contributed by atoms with Crippen LogP contribution in [0.4, 0.5) is 5.69 Å². The van der Waals surface area contributed by atoms with E-state index in [0.717, 1.165) is 0 Å². The van der Waals surface area contributed by atoms with Gasteiger partial charge < -0.3 is 28.7 Å². The van der Waals surface area contributed by atoms with Crippen LogP contribution in [0.3, 0.4) is 0 Å². The van der Waals surface area contributed by atoms with Crippen molar-refractivity contribution in [2.24, 2.45) is 0 Å². The number of halogens is 1. The van der Waals surface area contributed by atoms with Crippen LogP contribution < -0.4 is 14.8 Å². The fourth-order valence-corrected chi connectivity index (χ4v) is 4.47. The van der Waals surface area contributed by atoms with Crippen molar-refractivity contribution in [1.29, 1.82) is 0 Å². The molecule has 0 saturated heterocycles. The first-order chi connectivity index (χ1) is 17.8. The number of aromatic nitrogens is 1. The number of nitrogens with zero attached hydrogens (tertiary/aromatic N) is 1. The first kappa shape index (κ1) is 26.5. The highest BCUT2D eigenvalue weighted by Gasteiger charge is 2.35. The van der Waals surface area contributed by atoms with Gasteiger partial charge >= 0.3 is 5.97 Å². The molecule has 1 aliphatic rings. The average molecular weight is 529 g/mol. The number of ether oxygens (including phenoxy) is 4. The molecule has 0 bridgehead atoms. The molecule has 1 amide bonds. The minimum absolute atomic E-state index is 0.0799. The number of methoxy groups -OCH3 is 2. The van der Waals surface area contributed by atoms with Crippen LogP contribution in [0.15, 0.2) is 40.8 Å². The lowest BCUT2D eigenvalue weighted by Crippen LogP contribution is -2.31. The maximum absolute atomic E-state index is 13.2. The summed E-state index contributed by atoms with van der Waals surface area (Å²) in [6.45, 7) is 3.87. The highest BCUT2D eigenvalue weighted by molar-refractivity contribution is 6.30. The molecule has 1 N–H and O–H groups in total. The summed E-state index contributed by atoms with van der Waals surface area (Å²) in [5.74, 6) is 1.26. The number of rotatable bonds is 9. The number of anilines is 1. The topological polar surface area (TPSA) is 109 Å². The molecule has 1 aliphatic heterocycles. The van der Waals surface area contributed by atoms with E-state index >= 15 is 0 Å². The summed E-state index contributed by atoms with van der Waals surface area (Å²) < 4.78 is 28.5. The minimum Gasteiger partial charge on any atom is -0.493 e. The molecule has 1 aromatic heterocycles. The van der Waals surface area contributed by atoms with Crippen LogP contribution in [-0.2, 0) is 31.9 Å². The number of para-hydroxylation sites is 1. The van der Waals surface area contributed by atoms with Crippen molar-refractivity contribution < 1.29 is 33.0 Å². The lowest BCUT2D eigenvalue weighted by Gasteiger charge is -2.24. The van der Waals surface area contributed by atoms with Crippen LogP contribution in [0, 0.1) is 6.92 Å². The third-order valence-corrected chi connectivity index (χ3v) is 6.26. The van der Waals surface area contributed by atoms with Gasteiger partial charge in [-0.1, -0.05) is 23.7 Å². The Morgan fingerprint density at radius 1 is 1.16 bits per heavy atom. The third-order valence-electron chi connectivity index (χ3n) is 6.02. The molecule has 0 spiro atoms. The monoisotopic (exact) mass is 528 g/mol. The second kappa shape index (κ2) is 11.7. The standard InChI is InChI=1S/C27H29ClN2O7/c1-5-35-24(31)12-11-20-15(2)29-23(36-20)14-22-27(32)30-19-10-9-16(28)13-18(19)25(37-22)17-7-6-8-21(33-3)26(17)34-4/h6-10,13,22,25H,5,11-12,14H2,1-4H3,(H,30,32). The predicted octanol–water partition coefficient (Wildman–Crippen LogP) is 4.82. The van der Waals surface area contributed by atoms with Crippen LogP contribution >= 0.6 is 11.6 Å². The van der Waals surface area contributed by atoms with Gasteiger partial charge in [-0.15, -0.1) is 0 Å². The number of esters is 1. The van der Waals surface area contributed by atoms with Gasteiger partial charge in [0.25, 0.3) is 5.91 Å².